The van der Waals surface area contributed by atoms with Gasteiger partial charge in [0.15, 0.2) is 0 Å². The summed E-state index contributed by atoms with van der Waals surface area (Å²) in [6.45, 7) is 0. The first-order valence-corrected chi connectivity index (χ1v) is 8.00. The van der Waals surface area contributed by atoms with E-state index in [1.54, 1.807) is 24.3 Å². The minimum Gasteiger partial charge on any atom is -0.399 e. The van der Waals surface area contributed by atoms with Crippen molar-refractivity contribution in [2.45, 2.75) is 37.6 Å². The van der Waals surface area contributed by atoms with Gasteiger partial charge in [0, 0.05) is 29.3 Å². The zero-order chi connectivity index (χ0) is 15.8. The molecule has 23 heavy (non-hydrogen) atoms. The van der Waals surface area contributed by atoms with Gasteiger partial charge < -0.3 is 16.4 Å². The van der Waals surface area contributed by atoms with E-state index in [1.807, 2.05) is 6.07 Å². The highest BCUT2D eigenvalue weighted by Crippen LogP contribution is 2.40. The maximum Gasteiger partial charge on any atom is 0.256 e. The molecule has 2 aliphatic rings. The maximum atomic E-state index is 12.3. The van der Waals surface area contributed by atoms with Crippen molar-refractivity contribution >= 4 is 23.4 Å². The van der Waals surface area contributed by atoms with E-state index >= 15 is 0 Å². The molecule has 4 rings (SSSR count). The first-order chi connectivity index (χ1) is 11.2. The van der Waals surface area contributed by atoms with Crippen molar-refractivity contribution < 1.29 is 4.79 Å². The highest BCUT2D eigenvalue weighted by Gasteiger charge is 2.28. The predicted molar refractivity (Wildman–Crippen MR) is 89.5 cm³/mol. The van der Waals surface area contributed by atoms with Crippen LogP contribution in [0.15, 0.2) is 30.3 Å². The number of aromatic nitrogens is 2. The fraction of sp³-hybridized carbons (Fsp3) is 0.353. The van der Waals surface area contributed by atoms with E-state index in [0.29, 0.717) is 35.0 Å². The van der Waals surface area contributed by atoms with Gasteiger partial charge in [-0.05, 0) is 49.9 Å². The van der Waals surface area contributed by atoms with Crippen molar-refractivity contribution in [2.24, 2.45) is 0 Å². The van der Waals surface area contributed by atoms with E-state index in [9.17, 15) is 4.79 Å². The fourth-order valence-corrected chi connectivity index (χ4v) is 2.42. The lowest BCUT2D eigenvalue weighted by atomic mass is 10.2. The number of hydrogen-bond acceptors (Lipinski definition) is 5. The van der Waals surface area contributed by atoms with Crippen LogP contribution >= 0.6 is 0 Å². The van der Waals surface area contributed by atoms with Gasteiger partial charge in [0.2, 0.25) is 5.95 Å². The van der Waals surface area contributed by atoms with Crippen molar-refractivity contribution in [3.63, 3.8) is 0 Å². The average molecular weight is 309 g/mol. The number of benzene rings is 1. The molecule has 0 radical (unpaired) electrons. The highest BCUT2D eigenvalue weighted by atomic mass is 16.1. The molecule has 6 nitrogen and oxygen atoms in total. The van der Waals surface area contributed by atoms with Gasteiger partial charge in [0.05, 0.1) is 5.69 Å². The van der Waals surface area contributed by atoms with Gasteiger partial charge in [-0.1, -0.05) is 0 Å². The number of carbonyl (C=O) groups excluding carboxylic acids is 1. The smallest absolute Gasteiger partial charge is 0.256 e. The van der Waals surface area contributed by atoms with Crippen molar-refractivity contribution in [1.82, 2.24) is 9.97 Å². The van der Waals surface area contributed by atoms with Gasteiger partial charge in [0.1, 0.15) is 5.82 Å². The van der Waals surface area contributed by atoms with Crippen LogP contribution in [0.5, 0.6) is 0 Å². The number of nitrogens with one attached hydrogen (secondary N) is 2. The molecule has 0 bridgehead atoms. The maximum absolute atomic E-state index is 12.3. The van der Waals surface area contributed by atoms with Crippen LogP contribution in [0.4, 0.5) is 17.5 Å². The number of carbonyl (C=O) groups is 1. The van der Waals surface area contributed by atoms with Crippen molar-refractivity contribution in [3.05, 3.63) is 41.6 Å². The third-order valence-electron chi connectivity index (χ3n) is 4.07. The molecule has 1 aromatic carbocycles. The third-order valence-corrected chi connectivity index (χ3v) is 4.07. The Labute approximate surface area is 134 Å². The normalized spacial score (nSPS) is 16.9. The Balaban J connectivity index is 1.55. The summed E-state index contributed by atoms with van der Waals surface area (Å²) in [6.07, 6.45) is 4.63. The number of nitrogen functional groups attached to an aromatic ring is 1. The number of amides is 1. The second-order valence-electron chi connectivity index (χ2n) is 6.27. The van der Waals surface area contributed by atoms with Gasteiger partial charge in [-0.2, -0.15) is 4.98 Å². The number of anilines is 3. The number of rotatable bonds is 5. The summed E-state index contributed by atoms with van der Waals surface area (Å²) in [7, 11) is 0. The van der Waals surface area contributed by atoms with E-state index in [-0.39, 0.29) is 5.91 Å². The predicted octanol–water partition coefficient (Wildman–Crippen LogP) is 2.76. The van der Waals surface area contributed by atoms with Crippen LogP contribution in [0.3, 0.4) is 0 Å². The molecule has 2 aromatic rings. The lowest BCUT2D eigenvalue weighted by molar-refractivity contribution is 0.102. The molecule has 2 saturated carbocycles. The van der Waals surface area contributed by atoms with Crippen LogP contribution in [-0.2, 0) is 0 Å². The van der Waals surface area contributed by atoms with Crippen LogP contribution in [0, 0.1) is 0 Å². The molecule has 2 fully saturated rings. The average Bonchev–Trinajstić information content (AvgIpc) is 3.41. The molecule has 118 valence electrons. The number of nitrogens with two attached hydrogens (primary N) is 1. The van der Waals surface area contributed by atoms with E-state index in [4.69, 9.17) is 5.73 Å². The number of hydrogen-bond donors (Lipinski definition) is 3. The van der Waals surface area contributed by atoms with Crippen molar-refractivity contribution in [2.75, 3.05) is 16.4 Å². The summed E-state index contributed by atoms with van der Waals surface area (Å²) in [5.74, 6) is 1.48. The zero-order valence-electron chi connectivity index (χ0n) is 12.7. The van der Waals surface area contributed by atoms with Gasteiger partial charge in [0.25, 0.3) is 5.91 Å². The van der Waals surface area contributed by atoms with Crippen LogP contribution in [0.2, 0.25) is 0 Å². The first-order valence-electron chi connectivity index (χ1n) is 8.00. The van der Waals surface area contributed by atoms with Gasteiger partial charge in [-0.3, -0.25) is 4.79 Å². The molecule has 1 aromatic heterocycles. The Morgan fingerprint density at radius 2 is 1.83 bits per heavy atom. The lowest BCUT2D eigenvalue weighted by Gasteiger charge is -2.10. The minimum atomic E-state index is -0.192. The van der Waals surface area contributed by atoms with Crippen LogP contribution in [0.25, 0.3) is 0 Å². The molecular weight excluding hydrogens is 290 g/mol. The Bertz CT molecular complexity index is 735. The quantitative estimate of drug-likeness (QED) is 0.738. The molecule has 1 heterocycles. The summed E-state index contributed by atoms with van der Waals surface area (Å²) >= 11 is 0. The SMILES string of the molecule is Nc1ccc(C(=O)Nc2cc(C3CC3)nc(NC3CC3)n2)cc1. The Kier molecular flexibility index (Phi) is 3.37. The van der Waals surface area contributed by atoms with Crippen molar-refractivity contribution in [1.29, 1.82) is 0 Å². The summed E-state index contributed by atoms with van der Waals surface area (Å²) < 4.78 is 0. The van der Waals surface area contributed by atoms with Gasteiger partial charge in [-0.15, -0.1) is 0 Å². The van der Waals surface area contributed by atoms with Gasteiger partial charge in [-0.25, -0.2) is 4.98 Å². The lowest BCUT2D eigenvalue weighted by Crippen LogP contribution is -2.15. The molecule has 0 spiro atoms. The standard InChI is InChI=1S/C17H19N5O/c18-12-5-3-11(4-6-12)16(23)21-15-9-14(10-1-2-10)20-17(22-15)19-13-7-8-13/h3-6,9-10,13H,1-2,7-8,18H2,(H2,19,20,21,22,23). The summed E-state index contributed by atoms with van der Waals surface area (Å²) in [5, 5.41) is 6.17. The van der Waals surface area contributed by atoms with Crippen LogP contribution < -0.4 is 16.4 Å². The molecule has 0 aliphatic heterocycles. The Morgan fingerprint density at radius 1 is 1.09 bits per heavy atom. The topological polar surface area (TPSA) is 92.9 Å². The molecular formula is C17H19N5O. The van der Waals surface area contributed by atoms with Crippen molar-refractivity contribution in [3.8, 4) is 0 Å². The van der Waals surface area contributed by atoms with E-state index in [1.165, 1.54) is 0 Å². The second kappa shape index (κ2) is 5.53. The minimum absolute atomic E-state index is 0.192. The molecule has 1 amide bonds. The molecule has 4 N–H and O–H groups in total. The largest absolute Gasteiger partial charge is 0.399 e. The molecule has 2 aliphatic carbocycles. The third kappa shape index (κ3) is 3.41. The van der Waals surface area contributed by atoms with E-state index in [2.05, 4.69) is 20.6 Å². The van der Waals surface area contributed by atoms with Crippen LogP contribution in [-0.4, -0.2) is 21.9 Å². The Hall–Kier alpha value is -2.63. The van der Waals surface area contributed by atoms with Crippen LogP contribution in [0.1, 0.15) is 47.7 Å². The molecule has 0 saturated heterocycles. The second-order valence-corrected chi connectivity index (χ2v) is 6.27. The molecule has 6 heteroatoms. The molecule has 0 unspecified atom stereocenters. The molecule has 0 atom stereocenters. The first kappa shape index (κ1) is 14.0. The van der Waals surface area contributed by atoms with Gasteiger partial charge >= 0.3 is 0 Å². The summed E-state index contributed by atoms with van der Waals surface area (Å²) in [6, 6.07) is 9.19. The zero-order valence-corrected chi connectivity index (χ0v) is 12.7. The summed E-state index contributed by atoms with van der Waals surface area (Å²) in [4.78, 5) is 21.3. The highest BCUT2D eigenvalue weighted by molar-refractivity contribution is 6.04. The van der Waals surface area contributed by atoms with E-state index in [0.717, 1.165) is 31.4 Å². The monoisotopic (exact) mass is 309 g/mol. The Morgan fingerprint density at radius 3 is 2.48 bits per heavy atom. The van der Waals surface area contributed by atoms with E-state index < -0.39 is 0 Å². The number of nitrogens with zero attached hydrogens (tertiary/aromatic N) is 2. The summed E-state index contributed by atoms with van der Waals surface area (Å²) in [5.41, 5.74) is 7.85. The fourth-order valence-electron chi connectivity index (χ4n) is 2.42.